The molecule has 0 aliphatic heterocycles. The van der Waals surface area contributed by atoms with Gasteiger partial charge in [0.15, 0.2) is 12.5 Å². The Morgan fingerprint density at radius 1 is 1.56 bits per heavy atom. The maximum Gasteiger partial charge on any atom is 0.328 e. The Balaban J connectivity index is 3.04. The lowest BCUT2D eigenvalue weighted by Crippen LogP contribution is -2.02. The lowest BCUT2D eigenvalue weighted by Gasteiger charge is -2.06. The highest BCUT2D eigenvalue weighted by atomic mass is 16.7. The van der Waals surface area contributed by atoms with Crippen LogP contribution in [0.4, 0.5) is 5.69 Å². The summed E-state index contributed by atoms with van der Waals surface area (Å²) in [5, 5.41) is 19.2. The van der Waals surface area contributed by atoms with Crippen molar-refractivity contribution >= 4 is 17.7 Å². The number of carboxylic acids is 1. The topological polar surface area (TPSA) is 98.9 Å². The standard InChI is InChI=1S/C11H11NO6/c1-17-7-18-10-6-8(3-5-11(13)14)2-4-9(10)12(15)16/h2-6H,7H2,1H3,(H,13,14). The lowest BCUT2D eigenvalue weighted by atomic mass is 10.2. The Morgan fingerprint density at radius 3 is 2.83 bits per heavy atom. The number of methoxy groups -OCH3 is 1. The highest BCUT2D eigenvalue weighted by molar-refractivity contribution is 5.85. The Morgan fingerprint density at radius 2 is 2.28 bits per heavy atom. The molecule has 0 unspecified atom stereocenters. The molecule has 0 radical (unpaired) electrons. The molecule has 0 spiro atoms. The van der Waals surface area contributed by atoms with E-state index in [2.05, 4.69) is 4.74 Å². The second kappa shape index (κ2) is 6.36. The first-order valence-corrected chi connectivity index (χ1v) is 4.85. The Kier molecular flexibility index (Phi) is 4.82. The van der Waals surface area contributed by atoms with Crippen LogP contribution in [0.3, 0.4) is 0 Å². The fraction of sp³-hybridized carbons (Fsp3) is 0.182. The summed E-state index contributed by atoms with van der Waals surface area (Å²) < 4.78 is 9.71. The van der Waals surface area contributed by atoms with Crippen molar-refractivity contribution in [3.8, 4) is 5.75 Å². The monoisotopic (exact) mass is 253 g/mol. The molecule has 1 N–H and O–H groups in total. The van der Waals surface area contributed by atoms with Gasteiger partial charge in [-0.15, -0.1) is 0 Å². The highest BCUT2D eigenvalue weighted by Crippen LogP contribution is 2.28. The smallest absolute Gasteiger partial charge is 0.328 e. The fourth-order valence-electron chi connectivity index (χ4n) is 1.19. The van der Waals surface area contributed by atoms with E-state index in [0.29, 0.717) is 5.56 Å². The number of carboxylic acid groups (broad SMARTS) is 1. The Labute approximate surface area is 102 Å². The van der Waals surface area contributed by atoms with Crippen molar-refractivity contribution in [2.45, 2.75) is 0 Å². The van der Waals surface area contributed by atoms with Gasteiger partial charge in [0.1, 0.15) is 0 Å². The number of hydrogen-bond donors (Lipinski definition) is 1. The van der Waals surface area contributed by atoms with Crippen molar-refractivity contribution in [1.82, 2.24) is 0 Å². The number of benzene rings is 1. The van der Waals surface area contributed by atoms with Crippen LogP contribution in [0.1, 0.15) is 5.56 Å². The van der Waals surface area contributed by atoms with E-state index in [9.17, 15) is 14.9 Å². The summed E-state index contributed by atoms with van der Waals surface area (Å²) in [6.07, 6.45) is 2.24. The zero-order valence-electron chi connectivity index (χ0n) is 9.53. The molecular formula is C11H11NO6. The quantitative estimate of drug-likeness (QED) is 0.358. The van der Waals surface area contributed by atoms with Crippen LogP contribution in [0, 0.1) is 10.1 Å². The molecule has 0 bridgehead atoms. The maximum absolute atomic E-state index is 10.7. The predicted octanol–water partition coefficient (Wildman–Crippen LogP) is 1.68. The SMILES string of the molecule is COCOc1cc(C=CC(=O)O)ccc1[N+](=O)[O-]. The number of rotatable bonds is 6. The van der Waals surface area contributed by atoms with Crippen molar-refractivity contribution in [2.75, 3.05) is 13.9 Å². The predicted molar refractivity (Wildman–Crippen MR) is 62.3 cm³/mol. The first-order chi connectivity index (χ1) is 8.54. The maximum atomic E-state index is 10.7. The third kappa shape index (κ3) is 3.87. The van der Waals surface area contributed by atoms with Crippen LogP contribution in [0.25, 0.3) is 6.08 Å². The van der Waals surface area contributed by atoms with Crippen LogP contribution < -0.4 is 4.74 Å². The number of nitro benzene ring substituents is 1. The minimum Gasteiger partial charge on any atom is -0.478 e. The molecule has 0 aliphatic carbocycles. The minimum absolute atomic E-state index is 0.0226. The molecule has 1 rings (SSSR count). The second-order valence-electron chi connectivity index (χ2n) is 3.21. The number of nitro groups is 1. The van der Waals surface area contributed by atoms with Crippen LogP contribution in [-0.2, 0) is 9.53 Å². The summed E-state index contributed by atoms with van der Waals surface area (Å²) in [5.74, 6) is -1.08. The number of aliphatic carboxylic acids is 1. The van der Waals surface area contributed by atoms with Gasteiger partial charge in [0.25, 0.3) is 0 Å². The molecule has 0 fully saturated rings. The molecule has 18 heavy (non-hydrogen) atoms. The van der Waals surface area contributed by atoms with Gasteiger partial charge in [-0.3, -0.25) is 10.1 Å². The van der Waals surface area contributed by atoms with E-state index in [4.69, 9.17) is 9.84 Å². The van der Waals surface area contributed by atoms with Gasteiger partial charge in [-0.25, -0.2) is 4.79 Å². The number of nitrogens with zero attached hydrogens (tertiary/aromatic N) is 1. The van der Waals surface area contributed by atoms with Crippen molar-refractivity contribution in [3.05, 3.63) is 40.0 Å². The van der Waals surface area contributed by atoms with Crippen LogP contribution >= 0.6 is 0 Å². The summed E-state index contributed by atoms with van der Waals surface area (Å²) in [7, 11) is 1.39. The van der Waals surface area contributed by atoms with Gasteiger partial charge in [0.2, 0.25) is 0 Å². The molecule has 0 amide bonds. The van der Waals surface area contributed by atoms with E-state index in [-0.39, 0.29) is 18.2 Å². The zero-order valence-corrected chi connectivity index (χ0v) is 9.53. The van der Waals surface area contributed by atoms with Gasteiger partial charge in [0.05, 0.1) is 4.92 Å². The molecule has 1 aromatic rings. The number of hydrogen-bond acceptors (Lipinski definition) is 5. The molecule has 1 aromatic carbocycles. The summed E-state index contributed by atoms with van der Waals surface area (Å²) in [6, 6.07) is 4.04. The first kappa shape index (κ1) is 13.7. The zero-order chi connectivity index (χ0) is 13.5. The van der Waals surface area contributed by atoms with Gasteiger partial charge in [-0.2, -0.15) is 0 Å². The first-order valence-electron chi connectivity index (χ1n) is 4.85. The molecule has 96 valence electrons. The van der Waals surface area contributed by atoms with Crippen LogP contribution in [-0.4, -0.2) is 29.9 Å². The fourth-order valence-corrected chi connectivity index (χ4v) is 1.19. The molecule has 7 nitrogen and oxygen atoms in total. The van der Waals surface area contributed by atoms with Crippen molar-refractivity contribution in [3.63, 3.8) is 0 Å². The largest absolute Gasteiger partial charge is 0.478 e. The normalized spacial score (nSPS) is 10.5. The van der Waals surface area contributed by atoms with Crippen LogP contribution in [0.5, 0.6) is 5.75 Å². The third-order valence-corrected chi connectivity index (χ3v) is 1.93. The summed E-state index contributed by atoms with van der Waals surface area (Å²) in [6.45, 7) is -0.132. The van der Waals surface area contributed by atoms with Crippen molar-refractivity contribution < 1.29 is 24.3 Å². The highest BCUT2D eigenvalue weighted by Gasteiger charge is 2.15. The average Bonchev–Trinajstić information content (AvgIpc) is 2.33. The van der Waals surface area contributed by atoms with E-state index < -0.39 is 10.9 Å². The molecule has 7 heteroatoms. The van der Waals surface area contributed by atoms with E-state index in [1.54, 1.807) is 0 Å². The van der Waals surface area contributed by atoms with E-state index in [1.807, 2.05) is 0 Å². The molecule has 0 saturated heterocycles. The second-order valence-corrected chi connectivity index (χ2v) is 3.21. The van der Waals surface area contributed by atoms with Crippen LogP contribution in [0.2, 0.25) is 0 Å². The van der Waals surface area contributed by atoms with Gasteiger partial charge in [-0.1, -0.05) is 0 Å². The van der Waals surface area contributed by atoms with E-state index in [0.717, 1.165) is 6.08 Å². The molecular weight excluding hydrogens is 242 g/mol. The van der Waals surface area contributed by atoms with E-state index >= 15 is 0 Å². The molecule has 0 heterocycles. The molecule has 0 aliphatic rings. The van der Waals surface area contributed by atoms with Crippen molar-refractivity contribution in [2.24, 2.45) is 0 Å². The molecule has 0 aromatic heterocycles. The van der Waals surface area contributed by atoms with Crippen molar-refractivity contribution in [1.29, 1.82) is 0 Å². The Hall–Kier alpha value is -2.41. The average molecular weight is 253 g/mol. The van der Waals surface area contributed by atoms with Crippen LogP contribution in [0.15, 0.2) is 24.3 Å². The molecule has 0 atom stereocenters. The summed E-state index contributed by atoms with van der Waals surface area (Å²) >= 11 is 0. The summed E-state index contributed by atoms with van der Waals surface area (Å²) in [5.41, 5.74) is 0.272. The number of carbonyl (C=O) groups is 1. The minimum atomic E-state index is -1.10. The third-order valence-electron chi connectivity index (χ3n) is 1.93. The van der Waals surface area contributed by atoms with Gasteiger partial charge in [0, 0.05) is 19.3 Å². The lowest BCUT2D eigenvalue weighted by molar-refractivity contribution is -0.386. The number of ether oxygens (including phenoxy) is 2. The van der Waals surface area contributed by atoms with E-state index in [1.165, 1.54) is 31.4 Å². The van der Waals surface area contributed by atoms with Gasteiger partial charge < -0.3 is 14.6 Å². The van der Waals surface area contributed by atoms with Gasteiger partial charge in [-0.05, 0) is 23.8 Å². The summed E-state index contributed by atoms with van der Waals surface area (Å²) in [4.78, 5) is 20.5. The Bertz CT molecular complexity index is 482. The molecule has 0 saturated carbocycles. The van der Waals surface area contributed by atoms with Gasteiger partial charge >= 0.3 is 11.7 Å².